The highest BCUT2D eigenvalue weighted by atomic mass is 31.2. The standard InChI is InChI=1S/C50H96NO7P/c1-6-8-10-12-14-16-18-20-22-23-24-25-26-27-28-30-32-34-36-38-40-42-45-55-47-49(48-57-59(53,54)56-46-44-51(3,4)5)58-50(52)43-41-39-37-35-33-31-29-21-19-17-15-13-11-9-7-2/h15,17,21,23-24,29,49H,6-14,16,18-20,22,25-28,30-48H2,1-5H3/p+1/b17-15-,24-23-,29-21-. The molecule has 0 fully saturated rings. The first kappa shape index (κ1) is 57.7. The summed E-state index contributed by atoms with van der Waals surface area (Å²) >= 11 is 0. The quantitative estimate of drug-likeness (QED) is 0.0214. The summed E-state index contributed by atoms with van der Waals surface area (Å²) in [4.78, 5) is 22.9. The molecule has 59 heavy (non-hydrogen) atoms. The van der Waals surface area contributed by atoms with Crippen molar-refractivity contribution in [2.45, 2.75) is 225 Å². The number of carbonyl (C=O) groups excluding carboxylic acids is 1. The number of allylic oxidation sites excluding steroid dienone is 6. The highest BCUT2D eigenvalue weighted by molar-refractivity contribution is 7.47. The van der Waals surface area contributed by atoms with Crippen molar-refractivity contribution in [3.8, 4) is 0 Å². The maximum absolute atomic E-state index is 12.7. The van der Waals surface area contributed by atoms with Crippen molar-refractivity contribution >= 4 is 13.8 Å². The van der Waals surface area contributed by atoms with Gasteiger partial charge in [-0.3, -0.25) is 13.8 Å². The molecule has 0 rings (SSSR count). The van der Waals surface area contributed by atoms with Crippen LogP contribution >= 0.6 is 7.82 Å². The lowest BCUT2D eigenvalue weighted by atomic mass is 10.1. The molecule has 0 aliphatic carbocycles. The van der Waals surface area contributed by atoms with Gasteiger partial charge in [0.2, 0.25) is 0 Å². The van der Waals surface area contributed by atoms with Gasteiger partial charge in [-0.2, -0.15) is 0 Å². The predicted octanol–water partition coefficient (Wildman–Crippen LogP) is 14.9. The summed E-state index contributed by atoms with van der Waals surface area (Å²) in [5.41, 5.74) is 0. The van der Waals surface area contributed by atoms with Crippen LogP contribution < -0.4 is 0 Å². The first-order chi connectivity index (χ1) is 28.6. The van der Waals surface area contributed by atoms with Crippen LogP contribution in [0.5, 0.6) is 0 Å². The van der Waals surface area contributed by atoms with Gasteiger partial charge in [-0.15, -0.1) is 0 Å². The molecule has 0 saturated carbocycles. The minimum Gasteiger partial charge on any atom is -0.457 e. The highest BCUT2D eigenvalue weighted by Crippen LogP contribution is 2.43. The zero-order valence-corrected chi connectivity index (χ0v) is 40.4. The lowest BCUT2D eigenvalue weighted by Gasteiger charge is -2.24. The van der Waals surface area contributed by atoms with Crippen LogP contribution in [0.1, 0.15) is 219 Å². The summed E-state index contributed by atoms with van der Waals surface area (Å²) in [5.74, 6) is -0.326. The van der Waals surface area contributed by atoms with Gasteiger partial charge in [0, 0.05) is 13.0 Å². The van der Waals surface area contributed by atoms with Crippen LogP contribution in [0.25, 0.3) is 0 Å². The topological polar surface area (TPSA) is 91.3 Å². The van der Waals surface area contributed by atoms with Crippen LogP contribution in [0.4, 0.5) is 0 Å². The first-order valence-corrected chi connectivity index (χ1v) is 26.2. The Morgan fingerprint density at radius 1 is 0.525 bits per heavy atom. The summed E-state index contributed by atoms with van der Waals surface area (Å²) in [6, 6.07) is 0. The van der Waals surface area contributed by atoms with E-state index in [1.165, 1.54) is 141 Å². The summed E-state index contributed by atoms with van der Waals surface area (Å²) in [7, 11) is 1.66. The molecule has 9 heteroatoms. The molecule has 8 nitrogen and oxygen atoms in total. The van der Waals surface area contributed by atoms with Gasteiger partial charge in [0.15, 0.2) is 0 Å². The summed E-state index contributed by atoms with van der Waals surface area (Å²) in [5, 5.41) is 0. The zero-order chi connectivity index (χ0) is 43.4. The van der Waals surface area contributed by atoms with Gasteiger partial charge in [0.05, 0.1) is 34.4 Å². The van der Waals surface area contributed by atoms with E-state index >= 15 is 0 Å². The van der Waals surface area contributed by atoms with Crippen molar-refractivity contribution in [1.29, 1.82) is 0 Å². The molecule has 0 amide bonds. The van der Waals surface area contributed by atoms with E-state index in [2.05, 4.69) is 50.3 Å². The maximum atomic E-state index is 12.7. The number of likely N-dealkylation sites (N-methyl/N-ethyl adjacent to an activating group) is 1. The third-order valence-corrected chi connectivity index (χ3v) is 11.7. The Labute approximate surface area is 365 Å². The maximum Gasteiger partial charge on any atom is 0.472 e. The van der Waals surface area contributed by atoms with Crippen molar-refractivity contribution in [2.75, 3.05) is 54.1 Å². The Kier molecular flexibility index (Phi) is 42.4. The van der Waals surface area contributed by atoms with Crippen molar-refractivity contribution in [1.82, 2.24) is 0 Å². The summed E-state index contributed by atoms with van der Waals surface area (Å²) < 4.78 is 35.1. The minimum atomic E-state index is -4.28. The van der Waals surface area contributed by atoms with Crippen molar-refractivity contribution < 1.29 is 37.3 Å². The molecular weight excluding hydrogens is 758 g/mol. The van der Waals surface area contributed by atoms with E-state index in [-0.39, 0.29) is 25.8 Å². The number of hydrogen-bond acceptors (Lipinski definition) is 6. The number of phosphoric ester groups is 1. The van der Waals surface area contributed by atoms with Crippen molar-refractivity contribution in [3.63, 3.8) is 0 Å². The fraction of sp³-hybridized carbons (Fsp3) is 0.860. The van der Waals surface area contributed by atoms with Crippen LogP contribution in [0, 0.1) is 0 Å². The van der Waals surface area contributed by atoms with Gasteiger partial charge in [0.25, 0.3) is 0 Å². The summed E-state index contributed by atoms with van der Waals surface area (Å²) in [6.45, 7) is 5.60. The van der Waals surface area contributed by atoms with Gasteiger partial charge in [0.1, 0.15) is 19.3 Å². The Morgan fingerprint density at radius 2 is 0.932 bits per heavy atom. The molecule has 348 valence electrons. The van der Waals surface area contributed by atoms with Gasteiger partial charge in [-0.05, 0) is 70.6 Å². The molecule has 0 aliphatic rings. The number of nitrogens with zero attached hydrogens (tertiary/aromatic N) is 1. The molecule has 0 saturated heterocycles. The highest BCUT2D eigenvalue weighted by Gasteiger charge is 2.26. The number of carbonyl (C=O) groups is 1. The second-order valence-corrected chi connectivity index (χ2v) is 19.3. The number of unbranched alkanes of at least 4 members (excludes halogenated alkanes) is 26. The van der Waals surface area contributed by atoms with Gasteiger partial charge >= 0.3 is 13.8 Å². The molecule has 1 N–H and O–H groups in total. The van der Waals surface area contributed by atoms with E-state index in [1.54, 1.807) is 0 Å². The molecule has 0 aromatic carbocycles. The van der Waals surface area contributed by atoms with Crippen molar-refractivity contribution in [3.05, 3.63) is 36.5 Å². The van der Waals surface area contributed by atoms with E-state index in [4.69, 9.17) is 18.5 Å². The number of ether oxygens (including phenoxy) is 2. The fourth-order valence-electron chi connectivity index (χ4n) is 6.81. The fourth-order valence-corrected chi connectivity index (χ4v) is 7.56. The molecule has 0 aromatic heterocycles. The molecule has 0 aromatic rings. The van der Waals surface area contributed by atoms with Crippen LogP contribution in [0.15, 0.2) is 36.5 Å². The Hall–Kier alpha value is -1.28. The third kappa shape index (κ3) is 47.6. The minimum absolute atomic E-state index is 0.0857. The second-order valence-electron chi connectivity index (χ2n) is 17.8. The molecule has 0 radical (unpaired) electrons. The Morgan fingerprint density at radius 3 is 1.42 bits per heavy atom. The lowest BCUT2D eigenvalue weighted by molar-refractivity contribution is -0.870. The predicted molar refractivity (Wildman–Crippen MR) is 252 cm³/mol. The monoisotopic (exact) mass is 855 g/mol. The van der Waals surface area contributed by atoms with Crippen LogP contribution in [0.2, 0.25) is 0 Å². The smallest absolute Gasteiger partial charge is 0.457 e. The zero-order valence-electron chi connectivity index (χ0n) is 39.5. The van der Waals surface area contributed by atoms with E-state index in [9.17, 15) is 14.3 Å². The van der Waals surface area contributed by atoms with Crippen molar-refractivity contribution in [2.24, 2.45) is 0 Å². The number of esters is 1. The normalized spacial score (nSPS) is 13.9. The van der Waals surface area contributed by atoms with E-state index in [0.717, 1.165) is 57.8 Å². The second kappa shape index (κ2) is 43.4. The Balaban J connectivity index is 4.14. The summed E-state index contributed by atoms with van der Waals surface area (Å²) in [6.07, 6.45) is 51.9. The largest absolute Gasteiger partial charge is 0.472 e. The molecular formula is C50H97NO7P+. The van der Waals surface area contributed by atoms with Gasteiger partial charge < -0.3 is 18.9 Å². The number of hydrogen-bond donors (Lipinski definition) is 1. The molecule has 0 spiro atoms. The van der Waals surface area contributed by atoms with E-state index in [0.29, 0.717) is 24.1 Å². The molecule has 0 aliphatic heterocycles. The Bertz CT molecular complexity index is 1040. The van der Waals surface area contributed by atoms with Crippen LogP contribution in [-0.2, 0) is 27.9 Å². The number of quaternary nitrogens is 1. The molecule has 2 unspecified atom stereocenters. The number of rotatable bonds is 46. The lowest BCUT2D eigenvalue weighted by Crippen LogP contribution is -2.37. The van der Waals surface area contributed by atoms with Crippen LogP contribution in [-0.4, -0.2) is 75.6 Å². The molecule has 2 atom stereocenters. The molecule has 0 bridgehead atoms. The average molecular weight is 855 g/mol. The SMILES string of the molecule is CCCCC/C=C\C/C=C\CCCCCCCC(=O)OC(COCCCCCCCCCCCC/C=C\CCCCCCCCCC)COP(=O)(O)OCC[N+](C)(C)C. The molecule has 0 heterocycles. The average Bonchev–Trinajstić information content (AvgIpc) is 3.19. The van der Waals surface area contributed by atoms with E-state index in [1.807, 2.05) is 21.1 Å². The number of phosphoric acid groups is 1. The van der Waals surface area contributed by atoms with Gasteiger partial charge in [-0.1, -0.05) is 179 Å². The van der Waals surface area contributed by atoms with E-state index < -0.39 is 13.9 Å². The van der Waals surface area contributed by atoms with Crippen LogP contribution in [0.3, 0.4) is 0 Å². The first-order valence-electron chi connectivity index (χ1n) is 24.7. The third-order valence-electron chi connectivity index (χ3n) is 10.7. The van der Waals surface area contributed by atoms with Gasteiger partial charge in [-0.25, -0.2) is 4.57 Å².